The van der Waals surface area contributed by atoms with Gasteiger partial charge in [0.1, 0.15) is 0 Å². The van der Waals surface area contributed by atoms with Crippen molar-refractivity contribution in [2.24, 2.45) is 0 Å². The Morgan fingerprint density at radius 1 is 0.652 bits per heavy atom. The van der Waals surface area contributed by atoms with Gasteiger partial charge in [-0.2, -0.15) is 0 Å². The third-order valence-corrected chi connectivity index (χ3v) is 3.57. The van der Waals surface area contributed by atoms with Gasteiger partial charge in [-0.05, 0) is 40.5 Å². The molecule has 1 aliphatic heterocycles. The van der Waals surface area contributed by atoms with Crippen LogP contribution in [0.2, 0.25) is 0 Å². The average Bonchev–Trinajstić information content (AvgIpc) is 2.73. The van der Waals surface area contributed by atoms with Crippen LogP contribution in [0.5, 0.6) is 0 Å². The lowest BCUT2D eigenvalue weighted by atomic mass is 10.0. The Morgan fingerprint density at radius 3 is 2.22 bits per heavy atom. The highest BCUT2D eigenvalue weighted by Gasteiger charge is 2.15. The summed E-state index contributed by atoms with van der Waals surface area (Å²) in [6.45, 7) is 0. The first kappa shape index (κ1) is 14.9. The van der Waals surface area contributed by atoms with Gasteiger partial charge in [0.2, 0.25) is 0 Å². The van der Waals surface area contributed by atoms with Crippen molar-refractivity contribution in [3.05, 3.63) is 120 Å². The molecule has 0 fully saturated rings. The second-order valence-corrected chi connectivity index (χ2v) is 5.17. The van der Waals surface area contributed by atoms with Crippen molar-refractivity contribution in [3.63, 3.8) is 0 Å². The summed E-state index contributed by atoms with van der Waals surface area (Å²) in [4.78, 5) is 0. The van der Waals surface area contributed by atoms with E-state index in [-0.39, 0.29) is 0 Å². The average molecular weight is 297 g/mol. The Labute approximate surface area is 137 Å². The molecular weight excluding hydrogens is 278 g/mol. The summed E-state index contributed by atoms with van der Waals surface area (Å²) in [5, 5.41) is 2.92. The zero-order valence-corrected chi connectivity index (χ0v) is 12.9. The normalized spacial score (nSPS) is 16.5. The molecule has 1 aromatic carbocycles. The summed E-state index contributed by atoms with van der Waals surface area (Å²) in [6, 6.07) is 8.52. The molecule has 0 spiro atoms. The summed E-state index contributed by atoms with van der Waals surface area (Å²) in [5.41, 5.74) is 5.24. The lowest BCUT2D eigenvalue weighted by molar-refractivity contribution is 1.20. The zero-order valence-electron chi connectivity index (χ0n) is 12.9. The van der Waals surface area contributed by atoms with Gasteiger partial charge >= 0.3 is 0 Å². The Morgan fingerprint density at radius 2 is 1.35 bits per heavy atom. The second-order valence-electron chi connectivity index (χ2n) is 5.17. The number of rotatable bonds is 0. The van der Waals surface area contributed by atoms with Crippen molar-refractivity contribution in [1.29, 1.82) is 0 Å². The summed E-state index contributed by atoms with van der Waals surface area (Å²) < 4.78 is 0. The predicted molar refractivity (Wildman–Crippen MR) is 100 cm³/mol. The topological polar surface area (TPSA) is 12.0 Å². The van der Waals surface area contributed by atoms with E-state index >= 15 is 0 Å². The van der Waals surface area contributed by atoms with E-state index in [4.69, 9.17) is 0 Å². The third-order valence-electron chi connectivity index (χ3n) is 3.57. The van der Waals surface area contributed by atoms with Crippen LogP contribution >= 0.6 is 0 Å². The minimum Gasteiger partial charge on any atom is -0.368 e. The van der Waals surface area contributed by atoms with Crippen LogP contribution in [0.4, 0.5) is 0 Å². The Kier molecular flexibility index (Phi) is 5.04. The van der Waals surface area contributed by atoms with Crippen LogP contribution in [0.1, 0.15) is 11.1 Å². The van der Waals surface area contributed by atoms with E-state index in [1.54, 1.807) is 0 Å². The van der Waals surface area contributed by atoms with Gasteiger partial charge in [-0.25, -0.2) is 0 Å². The lowest BCUT2D eigenvalue weighted by Gasteiger charge is -2.02. The van der Waals surface area contributed by atoms with Gasteiger partial charge in [0, 0.05) is 12.4 Å². The van der Waals surface area contributed by atoms with E-state index in [0.29, 0.717) is 0 Å². The monoisotopic (exact) mass is 297 g/mol. The Balaban J connectivity index is 0.000000188. The van der Waals surface area contributed by atoms with Gasteiger partial charge in [-0.15, -0.1) is 0 Å². The van der Waals surface area contributed by atoms with Gasteiger partial charge in [-0.3, -0.25) is 0 Å². The fourth-order valence-electron chi connectivity index (χ4n) is 2.50. The van der Waals surface area contributed by atoms with Crippen LogP contribution in [0.15, 0.2) is 109 Å². The van der Waals surface area contributed by atoms with Crippen molar-refractivity contribution in [3.8, 4) is 0 Å². The minimum absolute atomic E-state index is 1.29. The molecule has 0 radical (unpaired) electrons. The maximum atomic E-state index is 2.92. The van der Waals surface area contributed by atoms with Gasteiger partial charge in [-0.1, -0.05) is 78.9 Å². The molecule has 2 aliphatic carbocycles. The van der Waals surface area contributed by atoms with Crippen molar-refractivity contribution in [2.75, 3.05) is 0 Å². The summed E-state index contributed by atoms with van der Waals surface area (Å²) >= 11 is 0. The fourth-order valence-corrected chi connectivity index (χ4v) is 2.50. The SMILES string of the molecule is C1=CC=CC2=Cc3ccccc3C2=CC=C1.C1=CC=CNC=C1. The first-order valence-electron chi connectivity index (χ1n) is 7.73. The van der Waals surface area contributed by atoms with Crippen molar-refractivity contribution in [1.82, 2.24) is 5.32 Å². The highest BCUT2D eigenvalue weighted by atomic mass is 14.8. The minimum atomic E-state index is 1.29. The summed E-state index contributed by atoms with van der Waals surface area (Å²) in [7, 11) is 0. The largest absolute Gasteiger partial charge is 0.368 e. The molecule has 3 aliphatic rings. The number of allylic oxidation sites excluding steroid dienone is 13. The quantitative estimate of drug-likeness (QED) is 0.683. The number of hydrogen-bond acceptors (Lipinski definition) is 1. The smallest absolute Gasteiger partial charge is 0.000442 e. The van der Waals surface area contributed by atoms with Crippen LogP contribution in [0.25, 0.3) is 11.6 Å². The second kappa shape index (κ2) is 7.81. The Bertz CT molecular complexity index is 779. The standard InChI is InChI=1S/C16H12.C6H7N/c1-2-4-8-13-12-14-9-6-7-11-16(14)15(13)10-5-3-1;1-2-4-6-7-5-3-1/h1-12H;1-7H. The molecule has 0 aromatic heterocycles. The molecule has 1 heteroatoms. The van der Waals surface area contributed by atoms with E-state index in [2.05, 4.69) is 72.1 Å². The van der Waals surface area contributed by atoms with E-state index in [1.807, 2.05) is 42.8 Å². The molecular formula is C22H19N. The van der Waals surface area contributed by atoms with Crippen LogP contribution in [0, 0.1) is 0 Å². The van der Waals surface area contributed by atoms with Gasteiger partial charge in [0.25, 0.3) is 0 Å². The zero-order chi connectivity index (χ0) is 15.7. The van der Waals surface area contributed by atoms with E-state index in [0.717, 1.165) is 0 Å². The third kappa shape index (κ3) is 3.98. The lowest BCUT2D eigenvalue weighted by Crippen LogP contribution is -1.87. The van der Waals surface area contributed by atoms with E-state index in [9.17, 15) is 0 Å². The number of hydrogen-bond donors (Lipinski definition) is 1. The first-order chi connectivity index (χ1) is 11.4. The van der Waals surface area contributed by atoms with Crippen LogP contribution in [-0.2, 0) is 0 Å². The first-order valence-corrected chi connectivity index (χ1v) is 7.73. The molecule has 0 unspecified atom stereocenters. The number of fused-ring (bicyclic) bond motifs is 3. The molecule has 1 heterocycles. The number of benzene rings is 1. The molecule has 1 aromatic rings. The summed E-state index contributed by atoms with van der Waals surface area (Å²) in [5.74, 6) is 0. The molecule has 0 atom stereocenters. The highest BCUT2D eigenvalue weighted by molar-refractivity contribution is 5.97. The molecule has 23 heavy (non-hydrogen) atoms. The van der Waals surface area contributed by atoms with E-state index in [1.165, 1.54) is 22.3 Å². The molecule has 1 nitrogen and oxygen atoms in total. The maximum absolute atomic E-state index is 2.92. The predicted octanol–water partition coefficient (Wildman–Crippen LogP) is 5.32. The van der Waals surface area contributed by atoms with Crippen LogP contribution in [0.3, 0.4) is 0 Å². The van der Waals surface area contributed by atoms with Crippen LogP contribution in [-0.4, -0.2) is 0 Å². The van der Waals surface area contributed by atoms with Gasteiger partial charge < -0.3 is 5.32 Å². The van der Waals surface area contributed by atoms with E-state index < -0.39 is 0 Å². The number of nitrogens with one attached hydrogen (secondary N) is 1. The molecule has 0 saturated heterocycles. The molecule has 0 saturated carbocycles. The van der Waals surface area contributed by atoms with Gasteiger partial charge in [0.05, 0.1) is 0 Å². The Hall–Kier alpha value is -3.06. The van der Waals surface area contributed by atoms with Crippen molar-refractivity contribution < 1.29 is 0 Å². The van der Waals surface area contributed by atoms with Crippen molar-refractivity contribution in [2.45, 2.75) is 0 Å². The molecule has 1 N–H and O–H groups in total. The maximum Gasteiger partial charge on any atom is 0.000442 e. The highest BCUT2D eigenvalue weighted by Crippen LogP contribution is 2.36. The molecule has 0 bridgehead atoms. The fraction of sp³-hybridized carbons (Fsp3) is 0. The van der Waals surface area contributed by atoms with Crippen molar-refractivity contribution >= 4 is 11.6 Å². The summed E-state index contributed by atoms with van der Waals surface area (Å²) in [6.07, 6.45) is 28.5. The van der Waals surface area contributed by atoms with Crippen LogP contribution < -0.4 is 5.32 Å². The molecule has 112 valence electrons. The van der Waals surface area contributed by atoms with Gasteiger partial charge in [0.15, 0.2) is 0 Å². The molecule has 0 amide bonds. The molecule has 4 rings (SSSR count).